The van der Waals surface area contributed by atoms with E-state index in [4.69, 9.17) is 10.5 Å². The maximum atomic E-state index is 14.2. The van der Waals surface area contributed by atoms with Crippen molar-refractivity contribution in [2.45, 2.75) is 32.4 Å². The third-order valence-electron chi connectivity index (χ3n) is 2.94. The second-order valence-corrected chi connectivity index (χ2v) is 4.20. The van der Waals surface area contributed by atoms with Gasteiger partial charge in [-0.3, -0.25) is 0 Å². The minimum absolute atomic E-state index is 0.0423. The van der Waals surface area contributed by atoms with Crippen LogP contribution in [0.5, 0.6) is 5.75 Å². The summed E-state index contributed by atoms with van der Waals surface area (Å²) in [6, 6.07) is 5.78. The standard InChI is InChI=1S/C13H20FNO/c1-4-13(14,9-15)8-11-7-10(2)5-6-12(11)16-3/h5-7H,4,8-9,15H2,1-3H3. The lowest BCUT2D eigenvalue weighted by atomic mass is 9.92. The van der Waals surface area contributed by atoms with Crippen LogP contribution in [0.25, 0.3) is 0 Å². The van der Waals surface area contributed by atoms with Gasteiger partial charge in [-0.2, -0.15) is 0 Å². The molecule has 0 fully saturated rings. The molecule has 90 valence electrons. The van der Waals surface area contributed by atoms with Crippen LogP contribution in [0, 0.1) is 6.92 Å². The Hall–Kier alpha value is -1.09. The lowest BCUT2D eigenvalue weighted by Crippen LogP contribution is -2.34. The van der Waals surface area contributed by atoms with E-state index in [-0.39, 0.29) is 6.54 Å². The van der Waals surface area contributed by atoms with Gasteiger partial charge in [-0.25, -0.2) is 4.39 Å². The van der Waals surface area contributed by atoms with Crippen LogP contribution < -0.4 is 10.5 Å². The zero-order valence-corrected chi connectivity index (χ0v) is 10.2. The van der Waals surface area contributed by atoms with Crippen LogP contribution in [0.1, 0.15) is 24.5 Å². The van der Waals surface area contributed by atoms with E-state index in [0.29, 0.717) is 12.8 Å². The summed E-state index contributed by atoms with van der Waals surface area (Å²) in [6.07, 6.45) is 0.728. The number of halogens is 1. The molecule has 1 rings (SSSR count). The second-order valence-electron chi connectivity index (χ2n) is 4.20. The fraction of sp³-hybridized carbons (Fsp3) is 0.538. The number of rotatable bonds is 5. The topological polar surface area (TPSA) is 35.2 Å². The molecule has 2 N–H and O–H groups in total. The van der Waals surface area contributed by atoms with E-state index in [1.165, 1.54) is 0 Å². The van der Waals surface area contributed by atoms with Crippen molar-refractivity contribution < 1.29 is 9.13 Å². The van der Waals surface area contributed by atoms with Crippen molar-refractivity contribution in [2.75, 3.05) is 13.7 Å². The van der Waals surface area contributed by atoms with Crippen molar-refractivity contribution in [1.82, 2.24) is 0 Å². The average Bonchev–Trinajstić information content (AvgIpc) is 2.29. The SMILES string of the molecule is CCC(F)(CN)Cc1cc(C)ccc1OC. The third-order valence-corrected chi connectivity index (χ3v) is 2.94. The molecular weight excluding hydrogens is 205 g/mol. The Labute approximate surface area is 96.6 Å². The maximum absolute atomic E-state index is 14.2. The van der Waals surface area contributed by atoms with E-state index >= 15 is 0 Å². The summed E-state index contributed by atoms with van der Waals surface area (Å²) in [4.78, 5) is 0. The monoisotopic (exact) mass is 225 g/mol. The highest BCUT2D eigenvalue weighted by Gasteiger charge is 2.27. The molecular formula is C13H20FNO. The van der Waals surface area contributed by atoms with E-state index < -0.39 is 5.67 Å². The van der Waals surface area contributed by atoms with Gasteiger partial charge in [0.25, 0.3) is 0 Å². The Bertz CT molecular complexity index is 348. The predicted octanol–water partition coefficient (Wildman–Crippen LogP) is 2.62. The fourth-order valence-corrected chi connectivity index (χ4v) is 1.73. The van der Waals surface area contributed by atoms with Crippen LogP contribution in [0.2, 0.25) is 0 Å². The maximum Gasteiger partial charge on any atom is 0.127 e. The molecule has 0 amide bonds. The fourth-order valence-electron chi connectivity index (χ4n) is 1.73. The van der Waals surface area contributed by atoms with Crippen molar-refractivity contribution in [3.8, 4) is 5.75 Å². The van der Waals surface area contributed by atoms with Crippen LogP contribution in [0.4, 0.5) is 4.39 Å². The first-order valence-corrected chi connectivity index (χ1v) is 5.57. The Balaban J connectivity index is 2.98. The normalized spacial score (nSPS) is 14.6. The quantitative estimate of drug-likeness (QED) is 0.836. The van der Waals surface area contributed by atoms with Gasteiger partial charge >= 0.3 is 0 Å². The van der Waals surface area contributed by atoms with Crippen LogP contribution in [0.15, 0.2) is 18.2 Å². The molecule has 0 saturated heterocycles. The Kier molecular flexibility index (Phi) is 4.30. The predicted molar refractivity (Wildman–Crippen MR) is 64.6 cm³/mol. The van der Waals surface area contributed by atoms with Gasteiger partial charge in [-0.05, 0) is 25.0 Å². The molecule has 0 aromatic heterocycles. The molecule has 16 heavy (non-hydrogen) atoms. The number of hydrogen-bond donors (Lipinski definition) is 1. The molecule has 0 heterocycles. The summed E-state index contributed by atoms with van der Waals surface area (Å²) >= 11 is 0. The average molecular weight is 225 g/mol. The highest BCUT2D eigenvalue weighted by molar-refractivity contribution is 5.37. The van der Waals surface area contributed by atoms with Gasteiger partial charge < -0.3 is 10.5 Å². The highest BCUT2D eigenvalue weighted by Crippen LogP contribution is 2.27. The van der Waals surface area contributed by atoms with Gasteiger partial charge in [-0.15, -0.1) is 0 Å². The molecule has 1 unspecified atom stereocenters. The van der Waals surface area contributed by atoms with Crippen LogP contribution in [-0.4, -0.2) is 19.3 Å². The Morgan fingerprint density at radius 1 is 1.44 bits per heavy atom. The molecule has 2 nitrogen and oxygen atoms in total. The molecule has 1 atom stereocenters. The molecule has 0 aliphatic carbocycles. The number of methoxy groups -OCH3 is 1. The van der Waals surface area contributed by atoms with Crippen LogP contribution in [0.3, 0.4) is 0 Å². The third kappa shape index (κ3) is 2.95. The molecule has 0 radical (unpaired) electrons. The Morgan fingerprint density at radius 2 is 2.12 bits per heavy atom. The molecule has 0 saturated carbocycles. The summed E-state index contributed by atoms with van der Waals surface area (Å²) < 4.78 is 19.4. The summed E-state index contributed by atoms with van der Waals surface area (Å²) in [5, 5.41) is 0. The summed E-state index contributed by atoms with van der Waals surface area (Å²) in [5.41, 5.74) is 6.14. The molecule has 0 bridgehead atoms. The van der Waals surface area contributed by atoms with Crippen molar-refractivity contribution in [3.05, 3.63) is 29.3 Å². The van der Waals surface area contributed by atoms with Crippen LogP contribution in [-0.2, 0) is 6.42 Å². The molecule has 1 aromatic rings. The number of aryl methyl sites for hydroxylation is 1. The summed E-state index contributed by atoms with van der Waals surface area (Å²) in [6.45, 7) is 3.84. The van der Waals surface area contributed by atoms with Gasteiger partial charge in [0.1, 0.15) is 11.4 Å². The lowest BCUT2D eigenvalue weighted by Gasteiger charge is -2.23. The number of hydrogen-bond acceptors (Lipinski definition) is 2. The molecule has 1 aromatic carbocycles. The first-order valence-electron chi connectivity index (χ1n) is 5.57. The van der Waals surface area contributed by atoms with Gasteiger partial charge in [0.15, 0.2) is 0 Å². The molecule has 0 aliphatic rings. The van der Waals surface area contributed by atoms with E-state index in [0.717, 1.165) is 16.9 Å². The summed E-state index contributed by atoms with van der Waals surface area (Å²) in [5.74, 6) is 0.731. The zero-order chi connectivity index (χ0) is 12.2. The zero-order valence-electron chi connectivity index (χ0n) is 10.2. The van der Waals surface area contributed by atoms with Crippen molar-refractivity contribution in [2.24, 2.45) is 5.73 Å². The van der Waals surface area contributed by atoms with Gasteiger partial charge in [0.2, 0.25) is 0 Å². The molecule has 0 spiro atoms. The van der Waals surface area contributed by atoms with Crippen LogP contribution >= 0.6 is 0 Å². The first-order chi connectivity index (χ1) is 7.54. The highest BCUT2D eigenvalue weighted by atomic mass is 19.1. The van der Waals surface area contributed by atoms with E-state index in [1.807, 2.05) is 32.0 Å². The smallest absolute Gasteiger partial charge is 0.127 e. The van der Waals surface area contributed by atoms with Gasteiger partial charge in [0, 0.05) is 13.0 Å². The van der Waals surface area contributed by atoms with Crippen molar-refractivity contribution in [1.29, 1.82) is 0 Å². The Morgan fingerprint density at radius 3 is 2.62 bits per heavy atom. The van der Waals surface area contributed by atoms with Crippen molar-refractivity contribution in [3.63, 3.8) is 0 Å². The van der Waals surface area contributed by atoms with E-state index in [1.54, 1.807) is 7.11 Å². The van der Waals surface area contributed by atoms with Crippen molar-refractivity contribution >= 4 is 0 Å². The molecule has 0 aliphatic heterocycles. The number of benzene rings is 1. The number of ether oxygens (including phenoxy) is 1. The first kappa shape index (κ1) is 13.0. The molecule has 3 heteroatoms. The second kappa shape index (κ2) is 5.30. The van der Waals surface area contributed by atoms with E-state index in [2.05, 4.69) is 0 Å². The van der Waals surface area contributed by atoms with Gasteiger partial charge in [0.05, 0.1) is 7.11 Å². The van der Waals surface area contributed by atoms with E-state index in [9.17, 15) is 4.39 Å². The summed E-state index contributed by atoms with van der Waals surface area (Å²) in [7, 11) is 1.60. The van der Waals surface area contributed by atoms with Gasteiger partial charge in [-0.1, -0.05) is 24.6 Å². The number of alkyl halides is 1. The minimum atomic E-state index is -1.33. The largest absolute Gasteiger partial charge is 0.496 e. The minimum Gasteiger partial charge on any atom is -0.496 e. The number of nitrogens with two attached hydrogens (primary N) is 1. The lowest BCUT2D eigenvalue weighted by molar-refractivity contribution is 0.166.